The summed E-state index contributed by atoms with van der Waals surface area (Å²) >= 11 is 1.41. The third-order valence-electron chi connectivity index (χ3n) is 3.53. The molecule has 0 unspecified atom stereocenters. The number of benzene rings is 1. The summed E-state index contributed by atoms with van der Waals surface area (Å²) in [5, 5.41) is 12.4. The topological polar surface area (TPSA) is 64.1 Å². The summed E-state index contributed by atoms with van der Waals surface area (Å²) in [6, 6.07) is 7.51. The Kier molecular flexibility index (Phi) is 4.81. The number of nitrogens with zero attached hydrogens (tertiary/aromatic N) is 2. The third-order valence-corrected chi connectivity index (χ3v) is 4.67. The molecule has 2 rings (SSSR count). The Morgan fingerprint density at radius 2 is 1.86 bits per heavy atom. The maximum Gasteiger partial charge on any atom is 0.236 e. The predicted molar refractivity (Wildman–Crippen MR) is 88.6 cm³/mol. The quantitative estimate of drug-likeness (QED) is 0.915. The van der Waals surface area contributed by atoms with Crippen molar-refractivity contribution in [1.82, 2.24) is 10.2 Å². The molecule has 0 spiro atoms. The molecule has 0 saturated carbocycles. The van der Waals surface area contributed by atoms with Gasteiger partial charge in [-0.3, -0.25) is 10.1 Å². The molecule has 118 valence electrons. The second-order valence-electron chi connectivity index (χ2n) is 5.91. The van der Waals surface area contributed by atoms with Gasteiger partial charge in [-0.2, -0.15) is 0 Å². The smallest absolute Gasteiger partial charge is 0.236 e. The second-order valence-corrected chi connectivity index (χ2v) is 6.92. The van der Waals surface area contributed by atoms with E-state index in [0.29, 0.717) is 11.0 Å². The van der Waals surface area contributed by atoms with Crippen molar-refractivity contribution < 1.29 is 9.53 Å². The Bertz CT molecular complexity index is 648. The lowest BCUT2D eigenvalue weighted by Crippen LogP contribution is -2.34. The van der Waals surface area contributed by atoms with Gasteiger partial charge < -0.3 is 4.74 Å². The zero-order valence-electron chi connectivity index (χ0n) is 13.5. The Labute approximate surface area is 134 Å². The largest absolute Gasteiger partial charge is 0.497 e. The fourth-order valence-electron chi connectivity index (χ4n) is 1.91. The zero-order valence-corrected chi connectivity index (χ0v) is 14.3. The molecule has 1 N–H and O–H groups in total. The molecule has 1 amide bonds. The first-order valence-corrected chi connectivity index (χ1v) is 7.95. The number of carbonyl (C=O) groups excluding carboxylic acids is 1. The van der Waals surface area contributed by atoms with Crippen molar-refractivity contribution in [3.05, 3.63) is 34.8 Å². The molecule has 1 aromatic heterocycles. The van der Waals surface area contributed by atoms with Crippen molar-refractivity contribution >= 4 is 22.4 Å². The minimum Gasteiger partial charge on any atom is -0.497 e. The number of hydrogen-bond acceptors (Lipinski definition) is 5. The highest BCUT2D eigenvalue weighted by Crippen LogP contribution is 2.28. The minimum absolute atomic E-state index is 0.107. The summed E-state index contributed by atoms with van der Waals surface area (Å²) < 4.78 is 5.15. The average Bonchev–Trinajstić information content (AvgIpc) is 2.96. The molecule has 0 bridgehead atoms. The van der Waals surface area contributed by atoms with Crippen LogP contribution in [-0.2, 0) is 10.2 Å². The molecule has 6 heteroatoms. The summed E-state index contributed by atoms with van der Waals surface area (Å²) in [5.74, 6) is 0.965. The first kappa shape index (κ1) is 16.4. The number of methoxy groups -OCH3 is 1. The van der Waals surface area contributed by atoms with Crippen LogP contribution in [0.2, 0.25) is 0 Å². The highest BCUT2D eigenvalue weighted by Gasteiger charge is 2.30. The van der Waals surface area contributed by atoms with Gasteiger partial charge in [0.05, 0.1) is 12.5 Å². The van der Waals surface area contributed by atoms with E-state index >= 15 is 0 Å². The van der Waals surface area contributed by atoms with E-state index in [0.717, 1.165) is 16.3 Å². The van der Waals surface area contributed by atoms with Gasteiger partial charge >= 0.3 is 0 Å². The number of amides is 1. The third kappa shape index (κ3) is 3.44. The van der Waals surface area contributed by atoms with Crippen molar-refractivity contribution in [1.29, 1.82) is 0 Å². The van der Waals surface area contributed by atoms with Gasteiger partial charge in [-0.25, -0.2) is 0 Å². The lowest BCUT2D eigenvalue weighted by atomic mass is 9.84. The van der Waals surface area contributed by atoms with Crippen molar-refractivity contribution in [2.45, 2.75) is 39.0 Å². The van der Waals surface area contributed by atoms with Crippen LogP contribution in [0.5, 0.6) is 5.75 Å². The number of anilines is 1. The summed E-state index contributed by atoms with van der Waals surface area (Å²) in [7, 11) is 1.62. The normalized spacial score (nSPS) is 11.5. The number of aromatic nitrogens is 2. The van der Waals surface area contributed by atoms with Crippen LogP contribution in [0.25, 0.3) is 0 Å². The summed E-state index contributed by atoms with van der Waals surface area (Å²) in [6.45, 7) is 7.86. The Balaban J connectivity index is 2.14. The van der Waals surface area contributed by atoms with Gasteiger partial charge in [-0.05, 0) is 31.5 Å². The molecule has 0 aliphatic heterocycles. The SMILES string of the molecule is COc1ccc(C(C)(C)C(=O)Nc2nnc(C(C)C)s2)cc1. The number of rotatable bonds is 5. The van der Waals surface area contributed by atoms with Crippen molar-refractivity contribution in [2.24, 2.45) is 0 Å². The van der Waals surface area contributed by atoms with Crippen LogP contribution in [0.1, 0.15) is 44.2 Å². The molecule has 5 nitrogen and oxygen atoms in total. The van der Waals surface area contributed by atoms with Crippen molar-refractivity contribution in [2.75, 3.05) is 12.4 Å². The van der Waals surface area contributed by atoms with Crippen LogP contribution in [-0.4, -0.2) is 23.2 Å². The number of ether oxygens (including phenoxy) is 1. The Morgan fingerprint density at radius 1 is 1.23 bits per heavy atom. The molecular weight excluding hydrogens is 298 g/mol. The van der Waals surface area contributed by atoms with Gasteiger partial charge in [0.15, 0.2) is 0 Å². The molecule has 0 atom stereocenters. The van der Waals surface area contributed by atoms with Crippen molar-refractivity contribution in [3.63, 3.8) is 0 Å². The van der Waals surface area contributed by atoms with E-state index in [9.17, 15) is 4.79 Å². The van der Waals surface area contributed by atoms with Gasteiger partial charge in [-0.15, -0.1) is 10.2 Å². The van der Waals surface area contributed by atoms with Crippen LogP contribution in [0.15, 0.2) is 24.3 Å². The number of carbonyl (C=O) groups is 1. The van der Waals surface area contributed by atoms with Gasteiger partial charge in [0, 0.05) is 5.92 Å². The number of nitrogens with one attached hydrogen (secondary N) is 1. The van der Waals surface area contributed by atoms with Crippen LogP contribution >= 0.6 is 11.3 Å². The molecule has 0 radical (unpaired) electrons. The fraction of sp³-hybridized carbons (Fsp3) is 0.438. The van der Waals surface area contributed by atoms with E-state index in [4.69, 9.17) is 4.74 Å². The summed E-state index contributed by atoms with van der Waals surface area (Å²) in [5.41, 5.74) is 0.245. The van der Waals surface area contributed by atoms with Crippen molar-refractivity contribution in [3.8, 4) is 5.75 Å². The van der Waals surface area contributed by atoms with Gasteiger partial charge in [0.1, 0.15) is 10.8 Å². The van der Waals surface area contributed by atoms with E-state index in [1.807, 2.05) is 52.0 Å². The van der Waals surface area contributed by atoms with E-state index < -0.39 is 5.41 Å². The standard InChI is InChI=1S/C16H21N3O2S/c1-10(2)13-18-19-15(22-13)17-14(20)16(3,4)11-6-8-12(21-5)9-7-11/h6-10H,1-5H3,(H,17,19,20). The summed E-state index contributed by atoms with van der Waals surface area (Å²) in [4.78, 5) is 12.6. The molecule has 1 aromatic carbocycles. The molecule has 0 fully saturated rings. The van der Waals surface area contributed by atoms with Gasteiger partial charge in [-0.1, -0.05) is 37.3 Å². The first-order chi connectivity index (χ1) is 10.3. The first-order valence-electron chi connectivity index (χ1n) is 7.14. The maximum absolute atomic E-state index is 12.6. The van der Waals surface area contributed by atoms with Crippen LogP contribution in [0.3, 0.4) is 0 Å². The zero-order chi connectivity index (χ0) is 16.3. The fourth-order valence-corrected chi connectivity index (χ4v) is 2.65. The van der Waals surface area contributed by atoms with E-state index in [2.05, 4.69) is 15.5 Å². The Hall–Kier alpha value is -1.95. The highest BCUT2D eigenvalue weighted by atomic mass is 32.1. The molecule has 0 saturated heterocycles. The molecule has 0 aliphatic rings. The minimum atomic E-state index is -0.671. The molecule has 0 aliphatic carbocycles. The average molecular weight is 319 g/mol. The van der Waals surface area contributed by atoms with E-state index in [-0.39, 0.29) is 5.91 Å². The number of hydrogen-bond donors (Lipinski definition) is 1. The van der Waals surface area contributed by atoms with E-state index in [1.54, 1.807) is 7.11 Å². The van der Waals surface area contributed by atoms with Gasteiger partial charge in [0.25, 0.3) is 0 Å². The van der Waals surface area contributed by atoms with Crippen LogP contribution in [0, 0.1) is 0 Å². The van der Waals surface area contributed by atoms with E-state index in [1.165, 1.54) is 11.3 Å². The maximum atomic E-state index is 12.6. The Morgan fingerprint density at radius 3 is 2.36 bits per heavy atom. The molecule has 1 heterocycles. The summed E-state index contributed by atoms with van der Waals surface area (Å²) in [6.07, 6.45) is 0. The second kappa shape index (κ2) is 6.44. The molecule has 22 heavy (non-hydrogen) atoms. The van der Waals surface area contributed by atoms with Gasteiger partial charge in [0.2, 0.25) is 11.0 Å². The lowest BCUT2D eigenvalue weighted by molar-refractivity contribution is -0.120. The lowest BCUT2D eigenvalue weighted by Gasteiger charge is -2.23. The predicted octanol–water partition coefficient (Wildman–Crippen LogP) is 3.59. The molecular formula is C16H21N3O2S. The monoisotopic (exact) mass is 319 g/mol. The van der Waals surface area contributed by atoms with Crippen LogP contribution in [0.4, 0.5) is 5.13 Å². The highest BCUT2D eigenvalue weighted by molar-refractivity contribution is 7.15. The van der Waals surface area contributed by atoms with Crippen LogP contribution < -0.4 is 10.1 Å². The molecule has 2 aromatic rings.